The molecule has 1 rings (SSSR count). The SMILES string of the molecule is O=C(O)/C=C/C(=O)Nc1ccc(F)c(F)c1. The fraction of sp³-hybridized carbons (Fsp3) is 0. The van der Waals surface area contributed by atoms with Gasteiger partial charge in [-0.2, -0.15) is 0 Å². The molecule has 6 heteroatoms. The Morgan fingerprint density at radius 1 is 1.19 bits per heavy atom. The maximum Gasteiger partial charge on any atom is 0.328 e. The Labute approximate surface area is 89.2 Å². The van der Waals surface area contributed by atoms with Crippen LogP contribution in [0.25, 0.3) is 0 Å². The van der Waals surface area contributed by atoms with Crippen molar-refractivity contribution >= 4 is 17.6 Å². The average molecular weight is 227 g/mol. The molecule has 1 aromatic carbocycles. The lowest BCUT2D eigenvalue weighted by atomic mass is 10.3. The summed E-state index contributed by atoms with van der Waals surface area (Å²) in [5.41, 5.74) is 0.0407. The lowest BCUT2D eigenvalue weighted by Gasteiger charge is -2.01. The van der Waals surface area contributed by atoms with Gasteiger partial charge in [-0.3, -0.25) is 4.79 Å². The normalized spacial score (nSPS) is 10.4. The first-order chi connectivity index (χ1) is 7.49. The first-order valence-electron chi connectivity index (χ1n) is 4.16. The fourth-order valence-corrected chi connectivity index (χ4v) is 0.905. The highest BCUT2D eigenvalue weighted by Crippen LogP contribution is 2.12. The molecule has 0 aliphatic rings. The Bertz CT molecular complexity index is 457. The molecule has 84 valence electrons. The second-order valence-electron chi connectivity index (χ2n) is 2.79. The van der Waals surface area contributed by atoms with Gasteiger partial charge in [-0.25, -0.2) is 13.6 Å². The van der Waals surface area contributed by atoms with Crippen LogP contribution in [0.4, 0.5) is 14.5 Å². The number of hydrogen-bond donors (Lipinski definition) is 2. The maximum absolute atomic E-state index is 12.7. The molecular formula is C10H7F2NO3. The van der Waals surface area contributed by atoms with Gasteiger partial charge in [0.2, 0.25) is 5.91 Å². The van der Waals surface area contributed by atoms with E-state index < -0.39 is 23.5 Å². The van der Waals surface area contributed by atoms with Gasteiger partial charge in [-0.05, 0) is 12.1 Å². The number of benzene rings is 1. The van der Waals surface area contributed by atoms with E-state index in [1.165, 1.54) is 0 Å². The molecule has 2 N–H and O–H groups in total. The van der Waals surface area contributed by atoms with Gasteiger partial charge in [0.15, 0.2) is 11.6 Å². The van der Waals surface area contributed by atoms with Crippen molar-refractivity contribution in [3.63, 3.8) is 0 Å². The van der Waals surface area contributed by atoms with Crippen LogP contribution in [-0.4, -0.2) is 17.0 Å². The van der Waals surface area contributed by atoms with Gasteiger partial charge >= 0.3 is 5.97 Å². The Hall–Kier alpha value is -2.24. The van der Waals surface area contributed by atoms with Crippen LogP contribution < -0.4 is 5.32 Å². The topological polar surface area (TPSA) is 66.4 Å². The summed E-state index contributed by atoms with van der Waals surface area (Å²) in [6.07, 6.45) is 1.40. The summed E-state index contributed by atoms with van der Waals surface area (Å²) in [6, 6.07) is 2.80. The van der Waals surface area contributed by atoms with Crippen LogP contribution in [0.5, 0.6) is 0 Å². The molecule has 0 radical (unpaired) electrons. The zero-order chi connectivity index (χ0) is 12.1. The van der Waals surface area contributed by atoms with E-state index in [0.717, 1.165) is 24.3 Å². The van der Waals surface area contributed by atoms with Crippen molar-refractivity contribution in [3.8, 4) is 0 Å². The minimum absolute atomic E-state index is 0.0407. The van der Waals surface area contributed by atoms with Crippen LogP contribution in [0.1, 0.15) is 0 Å². The van der Waals surface area contributed by atoms with Gasteiger partial charge < -0.3 is 10.4 Å². The smallest absolute Gasteiger partial charge is 0.328 e. The quantitative estimate of drug-likeness (QED) is 0.770. The van der Waals surface area contributed by atoms with E-state index in [-0.39, 0.29) is 5.69 Å². The van der Waals surface area contributed by atoms with E-state index >= 15 is 0 Å². The average Bonchev–Trinajstić information content (AvgIpc) is 2.21. The summed E-state index contributed by atoms with van der Waals surface area (Å²) in [7, 11) is 0. The number of amides is 1. The highest BCUT2D eigenvalue weighted by atomic mass is 19.2. The van der Waals surface area contributed by atoms with Crippen molar-refractivity contribution in [1.82, 2.24) is 0 Å². The van der Waals surface area contributed by atoms with Crippen LogP contribution >= 0.6 is 0 Å². The molecule has 0 spiro atoms. The van der Waals surface area contributed by atoms with Gasteiger partial charge in [0.1, 0.15) is 0 Å². The molecule has 16 heavy (non-hydrogen) atoms. The highest BCUT2D eigenvalue weighted by Gasteiger charge is 2.04. The molecule has 4 nitrogen and oxygen atoms in total. The molecule has 0 unspecified atom stereocenters. The summed E-state index contributed by atoms with van der Waals surface area (Å²) >= 11 is 0. The van der Waals surface area contributed by atoms with Gasteiger partial charge in [0, 0.05) is 23.9 Å². The molecule has 0 fully saturated rings. The second kappa shape index (κ2) is 5.01. The minimum Gasteiger partial charge on any atom is -0.478 e. The van der Waals surface area contributed by atoms with Crippen LogP contribution in [-0.2, 0) is 9.59 Å². The monoisotopic (exact) mass is 227 g/mol. The number of carboxylic acids is 1. The van der Waals surface area contributed by atoms with Gasteiger partial charge in [-0.15, -0.1) is 0 Å². The van der Waals surface area contributed by atoms with Crippen molar-refractivity contribution in [2.24, 2.45) is 0 Å². The van der Waals surface area contributed by atoms with E-state index in [9.17, 15) is 18.4 Å². The van der Waals surface area contributed by atoms with Crippen LogP contribution in [0.3, 0.4) is 0 Å². The molecule has 1 amide bonds. The maximum atomic E-state index is 12.7. The summed E-state index contributed by atoms with van der Waals surface area (Å²) in [4.78, 5) is 21.1. The van der Waals surface area contributed by atoms with E-state index in [2.05, 4.69) is 5.32 Å². The predicted octanol–water partition coefficient (Wildman–Crippen LogP) is 1.54. The third-order valence-corrected chi connectivity index (χ3v) is 1.56. The van der Waals surface area contributed by atoms with Crippen LogP contribution in [0.2, 0.25) is 0 Å². The van der Waals surface area contributed by atoms with E-state index in [4.69, 9.17) is 5.11 Å². The second-order valence-corrected chi connectivity index (χ2v) is 2.79. The summed E-state index contributed by atoms with van der Waals surface area (Å²) in [6.45, 7) is 0. The zero-order valence-electron chi connectivity index (χ0n) is 7.91. The molecule has 0 saturated heterocycles. The van der Waals surface area contributed by atoms with Crippen molar-refractivity contribution in [1.29, 1.82) is 0 Å². The van der Waals surface area contributed by atoms with E-state index in [1.807, 2.05) is 0 Å². The first kappa shape index (κ1) is 11.8. The molecule has 0 saturated carbocycles. The number of anilines is 1. The largest absolute Gasteiger partial charge is 0.478 e. The summed E-state index contributed by atoms with van der Waals surface area (Å²) < 4.78 is 25.2. The van der Waals surface area contributed by atoms with E-state index in [0.29, 0.717) is 6.08 Å². The molecule has 0 aromatic heterocycles. The van der Waals surface area contributed by atoms with Crippen molar-refractivity contribution in [2.75, 3.05) is 5.32 Å². The van der Waals surface area contributed by atoms with E-state index in [1.54, 1.807) is 0 Å². The Kier molecular flexibility index (Phi) is 3.71. The third kappa shape index (κ3) is 3.49. The number of nitrogens with one attached hydrogen (secondary N) is 1. The molecule has 0 atom stereocenters. The number of halogens is 2. The number of aliphatic carboxylic acids is 1. The molecule has 1 aromatic rings. The Morgan fingerprint density at radius 2 is 1.88 bits per heavy atom. The van der Waals surface area contributed by atoms with Gasteiger partial charge in [0.05, 0.1) is 0 Å². The minimum atomic E-state index is -1.28. The molecule has 0 bridgehead atoms. The lowest BCUT2D eigenvalue weighted by molar-refractivity contribution is -0.131. The van der Waals surface area contributed by atoms with Crippen molar-refractivity contribution < 1.29 is 23.5 Å². The molecule has 0 heterocycles. The Morgan fingerprint density at radius 3 is 2.44 bits per heavy atom. The molecular weight excluding hydrogens is 220 g/mol. The predicted molar refractivity (Wildman–Crippen MR) is 51.8 cm³/mol. The number of carboxylic acid groups (broad SMARTS) is 1. The standard InChI is InChI=1S/C10H7F2NO3/c11-7-2-1-6(5-8(7)12)13-9(14)3-4-10(15)16/h1-5H,(H,13,14)(H,15,16)/b4-3+. The number of rotatable bonds is 3. The fourth-order valence-electron chi connectivity index (χ4n) is 0.905. The first-order valence-corrected chi connectivity index (χ1v) is 4.16. The zero-order valence-corrected chi connectivity index (χ0v) is 7.91. The van der Waals surface area contributed by atoms with Crippen molar-refractivity contribution in [2.45, 2.75) is 0 Å². The number of hydrogen-bond acceptors (Lipinski definition) is 2. The number of carbonyl (C=O) groups excluding carboxylic acids is 1. The summed E-state index contributed by atoms with van der Waals surface area (Å²) in [5.74, 6) is -4.15. The van der Waals surface area contributed by atoms with Crippen LogP contribution in [0, 0.1) is 11.6 Å². The summed E-state index contributed by atoms with van der Waals surface area (Å²) in [5, 5.41) is 10.4. The molecule has 0 aliphatic carbocycles. The highest BCUT2D eigenvalue weighted by molar-refractivity contribution is 6.02. The van der Waals surface area contributed by atoms with Crippen LogP contribution in [0.15, 0.2) is 30.4 Å². The van der Waals surface area contributed by atoms with Gasteiger partial charge in [-0.1, -0.05) is 0 Å². The third-order valence-electron chi connectivity index (χ3n) is 1.56. The van der Waals surface area contributed by atoms with Gasteiger partial charge in [0.25, 0.3) is 0 Å². The lowest BCUT2D eigenvalue weighted by Crippen LogP contribution is -2.09. The Balaban J connectivity index is 2.70. The van der Waals surface area contributed by atoms with Crippen molar-refractivity contribution in [3.05, 3.63) is 42.0 Å². The number of carbonyl (C=O) groups is 2. The molecule has 0 aliphatic heterocycles.